The number of methoxy groups -OCH3 is 1. The van der Waals surface area contributed by atoms with E-state index < -0.39 is 12.1 Å². The van der Waals surface area contributed by atoms with Crippen LogP contribution in [-0.2, 0) is 14.3 Å². The molecule has 0 radical (unpaired) electrons. The zero-order valence-corrected chi connectivity index (χ0v) is 27.0. The van der Waals surface area contributed by atoms with Gasteiger partial charge in [0.1, 0.15) is 17.1 Å². The van der Waals surface area contributed by atoms with Crippen molar-refractivity contribution in [3.05, 3.63) is 29.3 Å². The Morgan fingerprint density at radius 3 is 2.56 bits per heavy atom. The Morgan fingerprint density at radius 2 is 1.81 bits per heavy atom. The third-order valence-corrected chi connectivity index (χ3v) is 12.6. The topological polar surface area (TPSA) is 93.1 Å². The van der Waals surface area contributed by atoms with Crippen LogP contribution in [0.25, 0.3) is 0 Å². The van der Waals surface area contributed by atoms with Crippen molar-refractivity contribution in [2.75, 3.05) is 27.8 Å². The number of carbonyl (C=O) groups excluding carboxylic acids is 3. The fraction of sp³-hybridized carbons (Fsp3) is 0.750. The lowest BCUT2D eigenvalue weighted by Gasteiger charge is -2.60. The highest BCUT2D eigenvalue weighted by Gasteiger charge is 2.59. The minimum absolute atomic E-state index is 0.0364. The molecule has 8 atom stereocenters. The van der Waals surface area contributed by atoms with Crippen molar-refractivity contribution in [3.63, 3.8) is 0 Å². The van der Waals surface area contributed by atoms with Crippen molar-refractivity contribution in [1.82, 2.24) is 4.90 Å². The number of amides is 1. The minimum Gasteiger partial charge on any atom is -0.493 e. The summed E-state index contributed by atoms with van der Waals surface area (Å²) < 4.78 is 10.9. The molecule has 1 amide bonds. The van der Waals surface area contributed by atoms with E-state index in [1.807, 2.05) is 6.07 Å². The maximum absolute atomic E-state index is 12.6. The Morgan fingerprint density at radius 1 is 1.05 bits per heavy atom. The Labute approximate surface area is 258 Å². The van der Waals surface area contributed by atoms with E-state index in [0.29, 0.717) is 71.2 Å². The monoisotopic (exact) mass is 595 g/mol. The number of aliphatic hydroxyl groups is 1. The van der Waals surface area contributed by atoms with Gasteiger partial charge in [-0.2, -0.15) is 0 Å². The number of carbonyl (C=O) groups is 3. The molecule has 7 heteroatoms. The van der Waals surface area contributed by atoms with Crippen LogP contribution in [-0.4, -0.2) is 55.5 Å². The predicted octanol–water partition coefficient (Wildman–Crippen LogP) is 6.76. The molecule has 0 saturated heterocycles. The lowest BCUT2D eigenvalue weighted by molar-refractivity contribution is -0.139. The van der Waals surface area contributed by atoms with Gasteiger partial charge in [0.15, 0.2) is 0 Å². The van der Waals surface area contributed by atoms with Gasteiger partial charge in [-0.05, 0) is 122 Å². The minimum atomic E-state index is -0.664. The van der Waals surface area contributed by atoms with E-state index >= 15 is 0 Å². The molecule has 0 aliphatic heterocycles. The van der Waals surface area contributed by atoms with Gasteiger partial charge < -0.3 is 19.5 Å². The molecule has 238 valence electrons. The van der Waals surface area contributed by atoms with Gasteiger partial charge in [-0.25, -0.2) is 4.79 Å². The zero-order chi connectivity index (χ0) is 30.9. The van der Waals surface area contributed by atoms with Crippen LogP contribution >= 0.6 is 0 Å². The second-order valence-electron chi connectivity index (χ2n) is 14.8. The lowest BCUT2D eigenvalue weighted by Crippen LogP contribution is -2.53. The third-order valence-electron chi connectivity index (χ3n) is 12.6. The van der Waals surface area contributed by atoms with Crippen LogP contribution < -0.4 is 4.74 Å². The number of rotatable bonds is 10. The van der Waals surface area contributed by atoms with Crippen molar-refractivity contribution in [2.24, 2.45) is 40.4 Å². The largest absolute Gasteiger partial charge is 0.493 e. The molecular formula is C36H53NO6. The van der Waals surface area contributed by atoms with E-state index in [4.69, 9.17) is 9.47 Å². The van der Waals surface area contributed by atoms with Gasteiger partial charge in [0.2, 0.25) is 5.91 Å². The summed E-state index contributed by atoms with van der Waals surface area (Å²) in [6, 6.07) is 5.29. The Kier molecular flexibility index (Phi) is 9.60. The average Bonchev–Trinajstić information content (AvgIpc) is 3.33. The molecule has 7 nitrogen and oxygen atoms in total. The molecule has 1 aromatic carbocycles. The number of ether oxygens (including phenoxy) is 2. The molecule has 4 fully saturated rings. The Bertz CT molecular complexity index is 1200. The standard InChI is InChI=1S/C36H53NO6/c1-35-19-17-30-27(12-9-25-22-26(38)16-18-36(25,30)2)29(35)13-10-24(35)11-14-31(39)23-8-15-32(28(21-23)34(41)42-5)43-20-6-7-33(40)37(3)4/h8,15,21,24-25,27,29-31,39H,6-7,9-14,16-20,22H2,1-5H3/t24?,25?,27-,29-,30+,31?,35+,36-/m0/s1. The summed E-state index contributed by atoms with van der Waals surface area (Å²) in [5, 5.41) is 11.3. The second kappa shape index (κ2) is 12.9. The summed E-state index contributed by atoms with van der Waals surface area (Å²) in [5.74, 6) is 3.90. The van der Waals surface area contributed by atoms with E-state index in [0.717, 1.165) is 43.4 Å². The molecule has 43 heavy (non-hydrogen) atoms. The van der Waals surface area contributed by atoms with Crippen LogP contribution in [0.1, 0.15) is 119 Å². The first-order valence-electron chi connectivity index (χ1n) is 16.7. The number of aliphatic hydroxyl groups excluding tert-OH is 1. The SMILES string of the molecule is COC(=O)c1cc(C(O)CCC2CC[C@H]3[C@@H]4CCC5CC(=O)CC[C@]5(C)[C@@H]4CC[C@]23C)ccc1OCCCC(=O)N(C)C. The highest BCUT2D eigenvalue weighted by atomic mass is 16.5. The summed E-state index contributed by atoms with van der Waals surface area (Å²) in [6.07, 6.45) is 12.1. The van der Waals surface area contributed by atoms with Crippen LogP contribution in [0.15, 0.2) is 18.2 Å². The quantitative estimate of drug-likeness (QED) is 0.237. The molecule has 3 unspecified atom stereocenters. The summed E-state index contributed by atoms with van der Waals surface area (Å²) in [7, 11) is 4.80. The van der Waals surface area contributed by atoms with Crippen LogP contribution in [0.5, 0.6) is 5.75 Å². The van der Waals surface area contributed by atoms with Gasteiger partial charge in [-0.1, -0.05) is 19.9 Å². The normalized spacial score (nSPS) is 34.0. The fourth-order valence-corrected chi connectivity index (χ4v) is 9.93. The van der Waals surface area contributed by atoms with Gasteiger partial charge >= 0.3 is 5.97 Å². The molecule has 4 aliphatic rings. The first-order valence-corrected chi connectivity index (χ1v) is 16.7. The number of ketones is 1. The number of Topliss-reactive ketones (excluding diaryl/α,β-unsaturated/α-hetero) is 1. The molecule has 4 saturated carbocycles. The van der Waals surface area contributed by atoms with Gasteiger partial charge in [0.05, 0.1) is 19.8 Å². The van der Waals surface area contributed by atoms with Crippen molar-refractivity contribution < 1.29 is 29.0 Å². The van der Waals surface area contributed by atoms with Crippen molar-refractivity contribution in [1.29, 1.82) is 0 Å². The van der Waals surface area contributed by atoms with Crippen LogP contribution in [0.4, 0.5) is 0 Å². The molecule has 0 spiro atoms. The van der Waals surface area contributed by atoms with E-state index in [1.165, 1.54) is 45.6 Å². The second-order valence-corrected chi connectivity index (χ2v) is 14.8. The van der Waals surface area contributed by atoms with Gasteiger partial charge in [-0.15, -0.1) is 0 Å². The fourth-order valence-electron chi connectivity index (χ4n) is 9.93. The number of nitrogens with zero attached hydrogens (tertiary/aromatic N) is 1. The van der Waals surface area contributed by atoms with Crippen molar-refractivity contribution in [2.45, 2.75) is 103 Å². The molecule has 0 aromatic heterocycles. The summed E-state index contributed by atoms with van der Waals surface area (Å²) in [5.41, 5.74) is 1.66. The van der Waals surface area contributed by atoms with Gasteiger partial charge in [0.25, 0.3) is 0 Å². The molecule has 0 heterocycles. The summed E-state index contributed by atoms with van der Waals surface area (Å²) in [6.45, 7) is 5.36. The maximum atomic E-state index is 12.6. The zero-order valence-electron chi connectivity index (χ0n) is 27.0. The molecule has 1 N–H and O–H groups in total. The Hall–Kier alpha value is -2.41. The number of fused-ring (bicyclic) bond motifs is 5. The van der Waals surface area contributed by atoms with Gasteiger partial charge in [-0.3, -0.25) is 9.59 Å². The van der Waals surface area contributed by atoms with Crippen molar-refractivity contribution >= 4 is 17.7 Å². The summed E-state index contributed by atoms with van der Waals surface area (Å²) in [4.78, 5) is 38.2. The highest BCUT2D eigenvalue weighted by molar-refractivity contribution is 5.92. The van der Waals surface area contributed by atoms with Gasteiger partial charge in [0, 0.05) is 33.4 Å². The van der Waals surface area contributed by atoms with E-state index in [2.05, 4.69) is 13.8 Å². The number of hydrogen-bond acceptors (Lipinski definition) is 6. The summed E-state index contributed by atoms with van der Waals surface area (Å²) >= 11 is 0. The highest BCUT2D eigenvalue weighted by Crippen LogP contribution is 2.67. The number of benzene rings is 1. The predicted molar refractivity (Wildman–Crippen MR) is 166 cm³/mol. The average molecular weight is 596 g/mol. The van der Waals surface area contributed by atoms with E-state index in [-0.39, 0.29) is 5.91 Å². The first kappa shape index (κ1) is 32.0. The molecule has 1 aromatic rings. The molecule has 0 bridgehead atoms. The van der Waals surface area contributed by atoms with Crippen LogP contribution in [0, 0.1) is 40.4 Å². The number of hydrogen-bond donors (Lipinski definition) is 1. The first-order chi connectivity index (χ1) is 20.5. The van der Waals surface area contributed by atoms with Crippen LogP contribution in [0.2, 0.25) is 0 Å². The molecule has 4 aliphatic carbocycles. The third kappa shape index (κ3) is 6.25. The Balaban J connectivity index is 1.20. The van der Waals surface area contributed by atoms with Crippen molar-refractivity contribution in [3.8, 4) is 5.75 Å². The molecule has 5 rings (SSSR count). The van der Waals surface area contributed by atoms with Crippen LogP contribution in [0.3, 0.4) is 0 Å². The van der Waals surface area contributed by atoms with E-state index in [9.17, 15) is 19.5 Å². The maximum Gasteiger partial charge on any atom is 0.341 e. The number of esters is 1. The lowest BCUT2D eigenvalue weighted by atomic mass is 9.44. The smallest absolute Gasteiger partial charge is 0.341 e. The molecular weight excluding hydrogens is 542 g/mol. The van der Waals surface area contributed by atoms with E-state index in [1.54, 1.807) is 31.1 Å².